The first-order valence-corrected chi connectivity index (χ1v) is 8.09. The lowest BCUT2D eigenvalue weighted by molar-refractivity contribution is 0.0697. The molecule has 0 atom stereocenters. The minimum atomic E-state index is -1.05. The van der Waals surface area contributed by atoms with Crippen LogP contribution in [0.3, 0.4) is 0 Å². The standard InChI is InChI=1S/C18H12O4S/c19-16-13-5-3-10(8-12-2-1-7-23-12)17(13)22-15-6-4-11(18(20)21)9-14(15)16/h1-2,4,6-9H,3,5H2,(H,20,21). The lowest BCUT2D eigenvalue weighted by Crippen LogP contribution is -2.09. The maximum absolute atomic E-state index is 12.7. The highest BCUT2D eigenvalue weighted by Gasteiger charge is 2.24. The summed E-state index contributed by atoms with van der Waals surface area (Å²) < 4.78 is 5.92. The zero-order chi connectivity index (χ0) is 16.0. The van der Waals surface area contributed by atoms with Crippen LogP contribution in [-0.4, -0.2) is 11.1 Å². The van der Waals surface area contributed by atoms with Gasteiger partial charge in [0.15, 0.2) is 5.43 Å². The molecule has 5 heteroatoms. The van der Waals surface area contributed by atoms with Crippen LogP contribution in [0.4, 0.5) is 0 Å². The predicted octanol–water partition coefficient (Wildman–Crippen LogP) is 4.04. The highest BCUT2D eigenvalue weighted by Crippen LogP contribution is 2.34. The number of hydrogen-bond acceptors (Lipinski definition) is 4. The molecule has 4 nitrogen and oxygen atoms in total. The van der Waals surface area contributed by atoms with Crippen LogP contribution in [0.1, 0.15) is 33.0 Å². The topological polar surface area (TPSA) is 67.5 Å². The first-order valence-electron chi connectivity index (χ1n) is 7.21. The first-order chi connectivity index (χ1) is 11.1. The molecule has 1 aromatic carbocycles. The van der Waals surface area contributed by atoms with Crippen molar-refractivity contribution in [1.82, 2.24) is 0 Å². The fourth-order valence-corrected chi connectivity index (χ4v) is 3.59. The number of fused-ring (bicyclic) bond motifs is 2. The maximum Gasteiger partial charge on any atom is 0.335 e. The van der Waals surface area contributed by atoms with Gasteiger partial charge in [-0.05, 0) is 54.1 Å². The lowest BCUT2D eigenvalue weighted by atomic mass is 10.1. The van der Waals surface area contributed by atoms with Crippen molar-refractivity contribution in [3.63, 3.8) is 0 Å². The van der Waals surface area contributed by atoms with Crippen LogP contribution < -0.4 is 5.43 Å². The molecule has 23 heavy (non-hydrogen) atoms. The average Bonchev–Trinajstić information content (AvgIpc) is 3.18. The van der Waals surface area contributed by atoms with Crippen LogP contribution in [0.2, 0.25) is 0 Å². The van der Waals surface area contributed by atoms with Crippen LogP contribution in [0, 0.1) is 0 Å². The Morgan fingerprint density at radius 3 is 2.87 bits per heavy atom. The first kappa shape index (κ1) is 14.0. The van der Waals surface area contributed by atoms with Crippen molar-refractivity contribution >= 4 is 39.9 Å². The number of benzene rings is 1. The molecule has 0 saturated heterocycles. The van der Waals surface area contributed by atoms with Gasteiger partial charge in [-0.1, -0.05) is 6.07 Å². The van der Waals surface area contributed by atoms with Gasteiger partial charge in [0.25, 0.3) is 0 Å². The van der Waals surface area contributed by atoms with Crippen LogP contribution in [0.15, 0.2) is 44.9 Å². The third-order valence-corrected chi connectivity index (χ3v) is 4.85. The Morgan fingerprint density at radius 1 is 1.26 bits per heavy atom. The second kappa shape index (κ2) is 5.21. The maximum atomic E-state index is 12.7. The Hall–Kier alpha value is -2.66. The minimum absolute atomic E-state index is 0.0945. The van der Waals surface area contributed by atoms with Crippen LogP contribution in [0.5, 0.6) is 0 Å². The number of allylic oxidation sites excluding steroid dienone is 1. The number of hydrogen-bond donors (Lipinski definition) is 1. The van der Waals surface area contributed by atoms with E-state index in [2.05, 4.69) is 6.08 Å². The second-order valence-corrected chi connectivity index (χ2v) is 6.42. The van der Waals surface area contributed by atoms with Crippen molar-refractivity contribution in [2.45, 2.75) is 12.8 Å². The SMILES string of the molecule is O=C(O)c1ccc2oc3c(c(=O)c2c1)CCC3=Cc1cccs1. The largest absolute Gasteiger partial charge is 0.478 e. The minimum Gasteiger partial charge on any atom is -0.478 e. The van der Waals surface area contributed by atoms with Gasteiger partial charge in [-0.25, -0.2) is 4.79 Å². The monoisotopic (exact) mass is 324 g/mol. The number of carboxylic acid groups (broad SMARTS) is 1. The summed E-state index contributed by atoms with van der Waals surface area (Å²) in [6.45, 7) is 0. The fourth-order valence-electron chi connectivity index (χ4n) is 2.91. The van der Waals surface area contributed by atoms with Crippen LogP contribution in [-0.2, 0) is 6.42 Å². The second-order valence-electron chi connectivity index (χ2n) is 5.44. The van der Waals surface area contributed by atoms with Gasteiger partial charge in [-0.15, -0.1) is 11.3 Å². The molecule has 1 aliphatic carbocycles. The molecule has 0 unspecified atom stereocenters. The van der Waals surface area contributed by atoms with Crippen molar-refractivity contribution in [2.75, 3.05) is 0 Å². The summed E-state index contributed by atoms with van der Waals surface area (Å²) in [5.41, 5.74) is 2.06. The summed E-state index contributed by atoms with van der Waals surface area (Å²) >= 11 is 1.64. The van der Waals surface area contributed by atoms with E-state index in [9.17, 15) is 9.59 Å². The number of carboxylic acids is 1. The molecule has 0 amide bonds. The zero-order valence-corrected chi connectivity index (χ0v) is 12.9. The van der Waals surface area contributed by atoms with E-state index >= 15 is 0 Å². The molecule has 0 fully saturated rings. The van der Waals surface area contributed by atoms with E-state index in [1.165, 1.54) is 12.1 Å². The Morgan fingerprint density at radius 2 is 2.13 bits per heavy atom. The van der Waals surface area contributed by atoms with Crippen molar-refractivity contribution in [1.29, 1.82) is 0 Å². The van der Waals surface area contributed by atoms with Gasteiger partial charge in [0.05, 0.1) is 10.9 Å². The number of aromatic carboxylic acids is 1. The molecule has 1 N–H and O–H groups in total. The van der Waals surface area contributed by atoms with E-state index in [-0.39, 0.29) is 11.0 Å². The normalized spacial score (nSPS) is 15.2. The number of rotatable bonds is 2. The van der Waals surface area contributed by atoms with Crippen molar-refractivity contribution in [3.05, 3.63) is 67.7 Å². The van der Waals surface area contributed by atoms with Crippen LogP contribution >= 0.6 is 11.3 Å². The summed E-state index contributed by atoms with van der Waals surface area (Å²) in [4.78, 5) is 24.9. The van der Waals surface area contributed by atoms with E-state index in [0.717, 1.165) is 16.9 Å². The molecule has 0 radical (unpaired) electrons. The van der Waals surface area contributed by atoms with Crippen LogP contribution in [0.25, 0.3) is 22.6 Å². The van der Waals surface area contributed by atoms with Gasteiger partial charge in [0, 0.05) is 10.4 Å². The van der Waals surface area contributed by atoms with Gasteiger partial charge < -0.3 is 9.52 Å². The Labute approximate surface area is 135 Å². The summed E-state index contributed by atoms with van der Waals surface area (Å²) in [6, 6.07) is 8.41. The molecule has 3 aromatic rings. The van der Waals surface area contributed by atoms with Crippen molar-refractivity contribution in [2.24, 2.45) is 0 Å². The van der Waals surface area contributed by atoms with E-state index in [1.807, 2.05) is 17.5 Å². The molecule has 0 bridgehead atoms. The molecule has 2 aromatic heterocycles. The molecule has 0 spiro atoms. The fraction of sp³-hybridized carbons (Fsp3) is 0.111. The quantitative estimate of drug-likeness (QED) is 0.772. The van der Waals surface area contributed by atoms with E-state index < -0.39 is 5.97 Å². The molecular weight excluding hydrogens is 312 g/mol. The van der Waals surface area contributed by atoms with Gasteiger partial charge in [0.1, 0.15) is 11.3 Å². The van der Waals surface area contributed by atoms with Gasteiger partial charge >= 0.3 is 5.97 Å². The van der Waals surface area contributed by atoms with E-state index in [0.29, 0.717) is 28.7 Å². The number of carbonyl (C=O) groups is 1. The Kier molecular flexibility index (Phi) is 3.16. The molecule has 4 rings (SSSR count). The smallest absolute Gasteiger partial charge is 0.335 e. The lowest BCUT2D eigenvalue weighted by Gasteiger charge is -2.04. The molecule has 1 aliphatic rings. The molecule has 2 heterocycles. The van der Waals surface area contributed by atoms with Gasteiger partial charge in [-0.2, -0.15) is 0 Å². The Balaban J connectivity index is 1.92. The van der Waals surface area contributed by atoms with Crippen molar-refractivity contribution in [3.8, 4) is 0 Å². The Bertz CT molecular complexity index is 1010. The molecule has 114 valence electrons. The third kappa shape index (κ3) is 2.29. The highest BCUT2D eigenvalue weighted by atomic mass is 32.1. The van der Waals surface area contributed by atoms with E-state index in [1.54, 1.807) is 17.4 Å². The molecular formula is C18H12O4S. The summed E-state index contributed by atoms with van der Waals surface area (Å²) in [5, 5.41) is 11.4. The summed E-state index contributed by atoms with van der Waals surface area (Å²) in [6.07, 6.45) is 3.44. The summed E-state index contributed by atoms with van der Waals surface area (Å²) in [5.74, 6) is -0.413. The van der Waals surface area contributed by atoms with E-state index in [4.69, 9.17) is 9.52 Å². The number of thiophene rings is 1. The highest BCUT2D eigenvalue weighted by molar-refractivity contribution is 7.10. The average molecular weight is 324 g/mol. The third-order valence-electron chi connectivity index (χ3n) is 4.03. The zero-order valence-electron chi connectivity index (χ0n) is 12.0. The van der Waals surface area contributed by atoms with Gasteiger partial charge in [0.2, 0.25) is 0 Å². The molecule has 0 aliphatic heterocycles. The summed E-state index contributed by atoms with van der Waals surface area (Å²) in [7, 11) is 0. The van der Waals surface area contributed by atoms with Gasteiger partial charge in [-0.3, -0.25) is 4.79 Å². The van der Waals surface area contributed by atoms with Crippen molar-refractivity contribution < 1.29 is 14.3 Å². The predicted molar refractivity (Wildman–Crippen MR) is 90.0 cm³/mol. The molecule has 0 saturated carbocycles.